The molecule has 5 aliphatic rings. The number of nitrogens with zero attached hydrogens (tertiary/aromatic N) is 5. The maximum atomic E-state index is 14.5. The highest BCUT2D eigenvalue weighted by Gasteiger charge is 2.51. The number of anilines is 1. The van der Waals surface area contributed by atoms with Gasteiger partial charge in [0.15, 0.2) is 0 Å². The first-order chi connectivity index (χ1) is 20.9. The average Bonchev–Trinajstić information content (AvgIpc) is 3.64. The molecule has 5 heterocycles. The van der Waals surface area contributed by atoms with Crippen molar-refractivity contribution < 1.29 is 13.9 Å². The van der Waals surface area contributed by atoms with E-state index in [2.05, 4.69) is 40.6 Å². The molecule has 1 amide bonds. The van der Waals surface area contributed by atoms with Crippen LogP contribution in [0.4, 0.5) is 10.2 Å². The summed E-state index contributed by atoms with van der Waals surface area (Å²) in [6, 6.07) is 11.2. The highest BCUT2D eigenvalue weighted by Crippen LogP contribution is 2.44. The Balaban J connectivity index is 1.19. The standard InChI is InChI=1S/C34H37ClFN5O2/c1-2-31(42)40-14-11-29-30(40)19-41(29)32-26-15-27(35)25(24-10-5-8-21-7-3-4-9-23(21)24)16-28(26)37-33(38-32)43-20-34-12-6-13-39(34)18-22(36)17-34/h2,5,8,10,15-16,22,29-30H,1,3-4,6-7,9,11-14,17-20H2/t22-,29?,30-,34?/m1/s1. The van der Waals surface area contributed by atoms with Crippen molar-refractivity contribution in [1.82, 2.24) is 19.8 Å². The molecule has 9 heteroatoms. The summed E-state index contributed by atoms with van der Waals surface area (Å²) in [5.74, 6) is 0.763. The van der Waals surface area contributed by atoms with Crippen molar-refractivity contribution in [2.45, 2.75) is 75.2 Å². The van der Waals surface area contributed by atoms with Gasteiger partial charge >= 0.3 is 6.01 Å². The molecule has 2 aromatic carbocycles. The highest BCUT2D eigenvalue weighted by molar-refractivity contribution is 6.34. The Morgan fingerprint density at radius 1 is 1.12 bits per heavy atom. The molecular formula is C34H37ClFN5O2. The molecule has 43 heavy (non-hydrogen) atoms. The third kappa shape index (κ3) is 4.43. The fourth-order valence-corrected chi connectivity index (χ4v) is 8.80. The monoisotopic (exact) mass is 601 g/mol. The number of halogens is 2. The molecule has 224 valence electrons. The predicted molar refractivity (Wildman–Crippen MR) is 167 cm³/mol. The van der Waals surface area contributed by atoms with Gasteiger partial charge < -0.3 is 14.5 Å². The maximum Gasteiger partial charge on any atom is 0.319 e. The van der Waals surface area contributed by atoms with Crippen LogP contribution in [-0.4, -0.2) is 82.3 Å². The van der Waals surface area contributed by atoms with E-state index in [9.17, 15) is 9.18 Å². The van der Waals surface area contributed by atoms with Crippen LogP contribution in [0.15, 0.2) is 43.0 Å². The Morgan fingerprint density at radius 2 is 2.00 bits per heavy atom. The minimum absolute atomic E-state index is 0.0225. The van der Waals surface area contributed by atoms with E-state index in [0.717, 1.165) is 60.9 Å². The van der Waals surface area contributed by atoms with Gasteiger partial charge in [0, 0.05) is 42.0 Å². The van der Waals surface area contributed by atoms with Gasteiger partial charge in [-0.05, 0) is 86.4 Å². The Morgan fingerprint density at radius 3 is 2.88 bits per heavy atom. The van der Waals surface area contributed by atoms with Crippen molar-refractivity contribution in [3.63, 3.8) is 0 Å². The predicted octanol–water partition coefficient (Wildman–Crippen LogP) is 5.76. The first-order valence-corrected chi connectivity index (χ1v) is 16.2. The van der Waals surface area contributed by atoms with Crippen molar-refractivity contribution in [2.75, 3.05) is 37.7 Å². The molecule has 7 nitrogen and oxygen atoms in total. The van der Waals surface area contributed by atoms with E-state index in [0.29, 0.717) is 43.7 Å². The zero-order valence-electron chi connectivity index (χ0n) is 24.4. The molecule has 3 aromatic rings. The van der Waals surface area contributed by atoms with Crippen LogP contribution in [0.3, 0.4) is 0 Å². The van der Waals surface area contributed by atoms with Gasteiger partial charge in [0.2, 0.25) is 5.91 Å². The summed E-state index contributed by atoms with van der Waals surface area (Å²) >= 11 is 7.06. The number of likely N-dealkylation sites (tertiary alicyclic amines) is 1. The lowest BCUT2D eigenvalue weighted by molar-refractivity contribution is -0.127. The number of carbonyl (C=O) groups excluding carboxylic acids is 1. The van der Waals surface area contributed by atoms with Gasteiger partial charge in [-0.3, -0.25) is 9.69 Å². The number of aromatic nitrogens is 2. The second-order valence-electron chi connectivity index (χ2n) is 13.0. The topological polar surface area (TPSA) is 61.8 Å². The second kappa shape index (κ2) is 10.4. The lowest BCUT2D eigenvalue weighted by atomic mass is 9.85. The number of fused-ring (bicyclic) bond motifs is 4. The molecule has 2 unspecified atom stereocenters. The Bertz CT molecular complexity index is 1630. The van der Waals surface area contributed by atoms with E-state index in [1.54, 1.807) is 0 Å². The molecule has 0 bridgehead atoms. The van der Waals surface area contributed by atoms with Crippen LogP contribution in [0.2, 0.25) is 5.02 Å². The molecule has 0 radical (unpaired) electrons. The molecule has 4 aliphatic heterocycles. The van der Waals surface area contributed by atoms with E-state index < -0.39 is 6.17 Å². The summed E-state index contributed by atoms with van der Waals surface area (Å²) in [7, 11) is 0. The average molecular weight is 602 g/mol. The quantitative estimate of drug-likeness (QED) is 0.335. The molecule has 0 N–H and O–H groups in total. The summed E-state index contributed by atoms with van der Waals surface area (Å²) in [5, 5.41) is 1.56. The number of hydrogen-bond donors (Lipinski definition) is 0. The number of aryl methyl sites for hydroxylation is 1. The third-order valence-corrected chi connectivity index (χ3v) is 11.0. The zero-order chi connectivity index (χ0) is 29.3. The van der Waals surface area contributed by atoms with Crippen molar-refractivity contribution in [1.29, 1.82) is 0 Å². The summed E-state index contributed by atoms with van der Waals surface area (Å²) in [5.41, 5.74) is 5.43. The number of rotatable bonds is 6. The first kappa shape index (κ1) is 27.3. The SMILES string of the molecule is C=CC(=O)N1CCC2[C@H]1CN2c1nc(OCC23CCCN2C[C@H](F)C3)nc2cc(-c3cccc4c3CCCC4)c(Cl)cc12. The molecule has 8 rings (SSSR count). The van der Waals surface area contributed by atoms with Crippen molar-refractivity contribution in [3.05, 3.63) is 59.1 Å². The molecule has 0 saturated carbocycles. The molecule has 1 aliphatic carbocycles. The van der Waals surface area contributed by atoms with Gasteiger partial charge in [0.05, 0.1) is 23.1 Å². The van der Waals surface area contributed by atoms with Crippen LogP contribution in [0.5, 0.6) is 6.01 Å². The lowest BCUT2D eigenvalue weighted by Crippen LogP contribution is -2.63. The van der Waals surface area contributed by atoms with E-state index >= 15 is 0 Å². The first-order valence-electron chi connectivity index (χ1n) is 15.8. The van der Waals surface area contributed by atoms with E-state index in [1.807, 2.05) is 11.0 Å². The molecular weight excluding hydrogens is 565 g/mol. The number of carbonyl (C=O) groups is 1. The van der Waals surface area contributed by atoms with Gasteiger partial charge in [-0.25, -0.2) is 4.39 Å². The molecule has 4 saturated heterocycles. The van der Waals surface area contributed by atoms with Crippen molar-refractivity contribution in [2.24, 2.45) is 0 Å². The fourth-order valence-electron chi connectivity index (χ4n) is 8.54. The summed E-state index contributed by atoms with van der Waals surface area (Å²) in [4.78, 5) is 28.8. The maximum absolute atomic E-state index is 14.5. The number of hydrogen-bond acceptors (Lipinski definition) is 6. The van der Waals surface area contributed by atoms with Gasteiger partial charge in [0.25, 0.3) is 0 Å². The van der Waals surface area contributed by atoms with Crippen LogP contribution < -0.4 is 9.64 Å². The smallest absolute Gasteiger partial charge is 0.319 e. The third-order valence-electron chi connectivity index (χ3n) is 10.7. The normalized spacial score (nSPS) is 28.0. The number of alkyl halides is 1. The van der Waals surface area contributed by atoms with E-state index in [1.165, 1.54) is 35.6 Å². The minimum Gasteiger partial charge on any atom is -0.461 e. The van der Waals surface area contributed by atoms with Crippen LogP contribution in [-0.2, 0) is 17.6 Å². The molecule has 4 atom stereocenters. The van der Waals surface area contributed by atoms with Crippen LogP contribution in [0.25, 0.3) is 22.0 Å². The molecule has 0 spiro atoms. The Hall–Kier alpha value is -3.23. The van der Waals surface area contributed by atoms with Gasteiger partial charge in [-0.1, -0.05) is 36.4 Å². The van der Waals surface area contributed by atoms with E-state index in [4.69, 9.17) is 26.3 Å². The number of amides is 1. The fraction of sp³-hybridized carbons (Fsp3) is 0.500. The van der Waals surface area contributed by atoms with E-state index in [-0.39, 0.29) is 23.5 Å². The van der Waals surface area contributed by atoms with Crippen LogP contribution >= 0.6 is 11.6 Å². The Labute approximate surface area is 256 Å². The summed E-state index contributed by atoms with van der Waals surface area (Å²) in [6.07, 6.45) is 8.47. The Kier molecular flexibility index (Phi) is 6.64. The van der Waals surface area contributed by atoms with Gasteiger partial charge in [-0.15, -0.1) is 0 Å². The molecule has 1 aromatic heterocycles. The van der Waals surface area contributed by atoms with Crippen molar-refractivity contribution >= 4 is 34.2 Å². The summed E-state index contributed by atoms with van der Waals surface area (Å²) < 4.78 is 20.9. The van der Waals surface area contributed by atoms with Crippen LogP contribution in [0, 0.1) is 0 Å². The highest BCUT2D eigenvalue weighted by atomic mass is 35.5. The zero-order valence-corrected chi connectivity index (χ0v) is 25.2. The molecule has 4 fully saturated rings. The van der Waals surface area contributed by atoms with Gasteiger partial charge in [-0.2, -0.15) is 9.97 Å². The van der Waals surface area contributed by atoms with Gasteiger partial charge in [0.1, 0.15) is 18.6 Å². The minimum atomic E-state index is -0.819. The largest absolute Gasteiger partial charge is 0.461 e. The number of benzene rings is 2. The lowest BCUT2D eigenvalue weighted by Gasteiger charge is -2.47. The second-order valence-corrected chi connectivity index (χ2v) is 13.4. The summed E-state index contributed by atoms with van der Waals surface area (Å²) in [6.45, 7) is 6.84. The van der Waals surface area contributed by atoms with Crippen molar-refractivity contribution in [3.8, 4) is 17.1 Å². The van der Waals surface area contributed by atoms with Crippen LogP contribution in [0.1, 0.15) is 49.7 Å². The number of ether oxygens (including phenoxy) is 1.